The molecule has 5 nitrogen and oxygen atoms in total. The van der Waals surface area contributed by atoms with Gasteiger partial charge in [0.1, 0.15) is 11.5 Å². The number of halogens is 1. The van der Waals surface area contributed by atoms with Gasteiger partial charge in [0.2, 0.25) is 0 Å². The van der Waals surface area contributed by atoms with E-state index in [1.807, 2.05) is 0 Å². The first-order valence-electron chi connectivity index (χ1n) is 6.74. The van der Waals surface area contributed by atoms with Crippen molar-refractivity contribution in [2.24, 2.45) is 0 Å². The van der Waals surface area contributed by atoms with E-state index in [1.165, 1.54) is 12.1 Å². The lowest BCUT2D eigenvalue weighted by Crippen LogP contribution is -2.44. The number of aromatic nitrogens is 3. The van der Waals surface area contributed by atoms with Crippen LogP contribution < -0.4 is 5.32 Å². The van der Waals surface area contributed by atoms with Gasteiger partial charge in [0, 0.05) is 5.56 Å². The maximum Gasteiger partial charge on any atom is 0.123 e. The molecule has 0 aliphatic carbocycles. The summed E-state index contributed by atoms with van der Waals surface area (Å²) in [5.41, 5.74) is 0.774. The Labute approximate surface area is 116 Å². The molecule has 2 heterocycles. The summed E-state index contributed by atoms with van der Waals surface area (Å²) in [6.45, 7) is 2.06. The smallest absolute Gasteiger partial charge is 0.123 e. The summed E-state index contributed by atoms with van der Waals surface area (Å²) in [6.07, 6.45) is 3.20. The molecule has 0 spiro atoms. The number of benzene rings is 1. The lowest BCUT2D eigenvalue weighted by Gasteiger charge is -2.32. The zero-order chi connectivity index (χ0) is 14.0. The van der Waals surface area contributed by atoms with E-state index in [-0.39, 0.29) is 5.82 Å². The Morgan fingerprint density at radius 3 is 2.65 bits per heavy atom. The summed E-state index contributed by atoms with van der Waals surface area (Å²) in [6, 6.07) is 6.13. The fourth-order valence-corrected chi connectivity index (χ4v) is 2.48. The average Bonchev–Trinajstić information content (AvgIpc) is 2.88. The fraction of sp³-hybridized carbons (Fsp3) is 0.429. The van der Waals surface area contributed by atoms with Crippen molar-refractivity contribution in [3.63, 3.8) is 0 Å². The Balaban J connectivity index is 1.75. The molecular weight excluding hydrogens is 259 g/mol. The van der Waals surface area contributed by atoms with Crippen molar-refractivity contribution in [1.82, 2.24) is 20.3 Å². The van der Waals surface area contributed by atoms with E-state index in [9.17, 15) is 9.50 Å². The third kappa shape index (κ3) is 2.86. The summed E-state index contributed by atoms with van der Waals surface area (Å²) < 4.78 is 14.5. The predicted octanol–water partition coefficient (Wildman–Crippen LogP) is 1.20. The number of hydrogen-bond donors (Lipinski definition) is 2. The molecule has 0 amide bonds. The van der Waals surface area contributed by atoms with Gasteiger partial charge in [0.05, 0.1) is 18.3 Å². The van der Waals surface area contributed by atoms with Crippen LogP contribution in [0.5, 0.6) is 0 Å². The highest BCUT2D eigenvalue weighted by Crippen LogP contribution is 2.21. The van der Waals surface area contributed by atoms with Gasteiger partial charge in [0.25, 0.3) is 0 Å². The van der Waals surface area contributed by atoms with Crippen molar-refractivity contribution in [1.29, 1.82) is 0 Å². The van der Waals surface area contributed by atoms with Gasteiger partial charge in [-0.3, -0.25) is 0 Å². The Hall–Kier alpha value is -1.79. The highest BCUT2D eigenvalue weighted by molar-refractivity contribution is 5.57. The Kier molecular flexibility index (Phi) is 3.50. The Morgan fingerprint density at radius 1 is 1.25 bits per heavy atom. The molecule has 3 rings (SSSR count). The first-order chi connectivity index (χ1) is 9.65. The molecular formula is C14H17FN4O. The third-order valence-corrected chi connectivity index (χ3v) is 3.67. The van der Waals surface area contributed by atoms with E-state index >= 15 is 0 Å². The van der Waals surface area contributed by atoms with Crippen LogP contribution in [0.15, 0.2) is 30.5 Å². The molecule has 0 radical (unpaired) electrons. The Morgan fingerprint density at radius 2 is 1.95 bits per heavy atom. The van der Waals surface area contributed by atoms with Crippen molar-refractivity contribution in [3.05, 3.63) is 36.3 Å². The molecule has 2 N–H and O–H groups in total. The van der Waals surface area contributed by atoms with Gasteiger partial charge in [0.15, 0.2) is 0 Å². The first kappa shape index (κ1) is 13.2. The first-order valence-corrected chi connectivity index (χ1v) is 6.74. The van der Waals surface area contributed by atoms with Crippen LogP contribution in [-0.2, 0) is 6.54 Å². The minimum atomic E-state index is -0.723. The highest BCUT2D eigenvalue weighted by atomic mass is 19.1. The molecule has 0 saturated carbocycles. The van der Waals surface area contributed by atoms with E-state index in [1.54, 1.807) is 23.0 Å². The second-order valence-corrected chi connectivity index (χ2v) is 5.28. The quantitative estimate of drug-likeness (QED) is 0.884. The molecule has 0 atom stereocenters. The number of nitrogens with zero attached hydrogens (tertiary/aromatic N) is 3. The number of piperidine rings is 1. The zero-order valence-electron chi connectivity index (χ0n) is 11.1. The molecule has 106 valence electrons. The highest BCUT2D eigenvalue weighted by Gasteiger charge is 2.30. The maximum absolute atomic E-state index is 12.9. The Bertz CT molecular complexity index is 575. The number of aliphatic hydroxyl groups is 1. The minimum Gasteiger partial charge on any atom is -0.388 e. The lowest BCUT2D eigenvalue weighted by molar-refractivity contribution is -0.00864. The fourth-order valence-electron chi connectivity index (χ4n) is 2.48. The maximum atomic E-state index is 12.9. The van der Waals surface area contributed by atoms with Crippen LogP contribution in [0, 0.1) is 5.82 Å². The summed E-state index contributed by atoms with van der Waals surface area (Å²) >= 11 is 0. The molecule has 1 aliphatic heterocycles. The number of nitrogens with one attached hydrogen (secondary N) is 1. The molecule has 1 saturated heterocycles. The molecule has 1 aliphatic rings. The van der Waals surface area contributed by atoms with E-state index in [2.05, 4.69) is 15.6 Å². The van der Waals surface area contributed by atoms with Crippen LogP contribution in [-0.4, -0.2) is 38.8 Å². The minimum absolute atomic E-state index is 0.273. The van der Waals surface area contributed by atoms with Crippen LogP contribution >= 0.6 is 0 Å². The SMILES string of the molecule is OC1(Cn2cc(-c3ccc(F)cc3)nn2)CCNCC1. The van der Waals surface area contributed by atoms with Gasteiger partial charge in [-0.2, -0.15) is 0 Å². The average molecular weight is 276 g/mol. The van der Waals surface area contributed by atoms with E-state index < -0.39 is 5.60 Å². The summed E-state index contributed by atoms with van der Waals surface area (Å²) in [4.78, 5) is 0. The monoisotopic (exact) mass is 276 g/mol. The lowest BCUT2D eigenvalue weighted by atomic mass is 9.92. The summed E-state index contributed by atoms with van der Waals surface area (Å²) in [5, 5.41) is 21.8. The zero-order valence-corrected chi connectivity index (χ0v) is 11.1. The largest absolute Gasteiger partial charge is 0.388 e. The van der Waals surface area contributed by atoms with Crippen molar-refractivity contribution in [2.75, 3.05) is 13.1 Å². The summed E-state index contributed by atoms with van der Waals surface area (Å²) in [5.74, 6) is -0.273. The summed E-state index contributed by atoms with van der Waals surface area (Å²) in [7, 11) is 0. The van der Waals surface area contributed by atoms with Crippen LogP contribution in [0.3, 0.4) is 0 Å². The van der Waals surface area contributed by atoms with Crippen molar-refractivity contribution in [2.45, 2.75) is 25.0 Å². The van der Waals surface area contributed by atoms with Gasteiger partial charge < -0.3 is 10.4 Å². The molecule has 0 unspecified atom stereocenters. The van der Waals surface area contributed by atoms with Gasteiger partial charge in [-0.25, -0.2) is 9.07 Å². The van der Waals surface area contributed by atoms with E-state index in [0.717, 1.165) is 18.7 Å². The van der Waals surface area contributed by atoms with Crippen LogP contribution in [0.25, 0.3) is 11.3 Å². The topological polar surface area (TPSA) is 63.0 Å². The van der Waals surface area contributed by atoms with Crippen LogP contribution in [0.1, 0.15) is 12.8 Å². The van der Waals surface area contributed by atoms with Crippen molar-refractivity contribution >= 4 is 0 Å². The molecule has 20 heavy (non-hydrogen) atoms. The molecule has 2 aromatic rings. The number of rotatable bonds is 3. The van der Waals surface area contributed by atoms with Gasteiger partial charge in [-0.1, -0.05) is 5.21 Å². The third-order valence-electron chi connectivity index (χ3n) is 3.67. The predicted molar refractivity (Wildman–Crippen MR) is 72.5 cm³/mol. The van der Waals surface area contributed by atoms with E-state index in [4.69, 9.17) is 0 Å². The van der Waals surface area contributed by atoms with E-state index in [0.29, 0.717) is 25.1 Å². The molecule has 1 aromatic carbocycles. The molecule has 0 bridgehead atoms. The van der Waals surface area contributed by atoms with Crippen LogP contribution in [0.2, 0.25) is 0 Å². The molecule has 6 heteroatoms. The van der Waals surface area contributed by atoms with Gasteiger partial charge >= 0.3 is 0 Å². The van der Waals surface area contributed by atoms with Crippen molar-refractivity contribution < 1.29 is 9.50 Å². The number of hydrogen-bond acceptors (Lipinski definition) is 4. The molecule has 1 aromatic heterocycles. The van der Waals surface area contributed by atoms with Crippen LogP contribution in [0.4, 0.5) is 4.39 Å². The second-order valence-electron chi connectivity index (χ2n) is 5.28. The van der Waals surface area contributed by atoms with Crippen molar-refractivity contribution in [3.8, 4) is 11.3 Å². The second kappa shape index (κ2) is 5.30. The standard InChI is InChI=1S/C14H17FN4O/c15-12-3-1-11(2-4-12)13-9-19(18-17-13)10-14(20)5-7-16-8-6-14/h1-4,9,16,20H,5-8,10H2. The normalized spacial score (nSPS) is 18.1. The van der Waals surface area contributed by atoms with Gasteiger partial charge in [-0.05, 0) is 50.2 Å². The van der Waals surface area contributed by atoms with Gasteiger partial charge in [-0.15, -0.1) is 5.10 Å². The molecule has 1 fully saturated rings.